The molecule has 5 heteroatoms. The topological polar surface area (TPSA) is 28.2 Å². The van der Waals surface area contributed by atoms with Crippen LogP contribution in [0.15, 0.2) is 5.38 Å². The molecule has 3 nitrogen and oxygen atoms in total. The molecule has 1 aromatic heterocycles. The summed E-state index contributed by atoms with van der Waals surface area (Å²) in [5.74, 6) is 0. The fraction of sp³-hybridized carbons (Fsp3) is 0.786. The van der Waals surface area contributed by atoms with E-state index in [1.54, 1.807) is 11.3 Å². The van der Waals surface area contributed by atoms with E-state index in [4.69, 9.17) is 4.98 Å². The van der Waals surface area contributed by atoms with Crippen LogP contribution in [0.5, 0.6) is 0 Å². The predicted molar refractivity (Wildman–Crippen MR) is 85.4 cm³/mol. The third kappa shape index (κ3) is 4.71. The quantitative estimate of drug-likeness (QED) is 0.910. The van der Waals surface area contributed by atoms with Gasteiger partial charge in [-0.15, -0.1) is 23.7 Å². The molecule has 0 saturated carbocycles. The van der Waals surface area contributed by atoms with Gasteiger partial charge in [0.05, 0.1) is 10.7 Å². The van der Waals surface area contributed by atoms with Crippen molar-refractivity contribution in [3.63, 3.8) is 0 Å². The average molecular weight is 304 g/mol. The highest BCUT2D eigenvalue weighted by Crippen LogP contribution is 2.26. The highest BCUT2D eigenvalue weighted by molar-refractivity contribution is 7.09. The summed E-state index contributed by atoms with van der Waals surface area (Å²) in [6.45, 7) is 14.4. The molecular formula is C14H26ClN3S. The van der Waals surface area contributed by atoms with E-state index >= 15 is 0 Å². The van der Waals surface area contributed by atoms with Crippen molar-refractivity contribution >= 4 is 23.7 Å². The Labute approximate surface area is 127 Å². The van der Waals surface area contributed by atoms with Gasteiger partial charge in [-0.1, -0.05) is 20.8 Å². The molecule has 110 valence electrons. The van der Waals surface area contributed by atoms with Crippen LogP contribution in [0.1, 0.15) is 45.3 Å². The number of nitrogens with zero attached hydrogens (tertiary/aromatic N) is 2. The van der Waals surface area contributed by atoms with E-state index < -0.39 is 0 Å². The first-order valence-electron chi connectivity index (χ1n) is 6.78. The molecule has 2 unspecified atom stereocenters. The number of nitrogens with one attached hydrogen (secondary N) is 1. The van der Waals surface area contributed by atoms with Gasteiger partial charge in [0.1, 0.15) is 0 Å². The molecule has 2 rings (SSSR count). The number of hydrogen-bond donors (Lipinski definition) is 1. The van der Waals surface area contributed by atoms with Gasteiger partial charge < -0.3 is 5.32 Å². The maximum absolute atomic E-state index is 4.78. The molecule has 0 amide bonds. The maximum Gasteiger partial charge on any atom is 0.0982 e. The van der Waals surface area contributed by atoms with Gasteiger partial charge in [0.2, 0.25) is 0 Å². The summed E-state index contributed by atoms with van der Waals surface area (Å²) in [7, 11) is 0. The van der Waals surface area contributed by atoms with Gasteiger partial charge in [-0.3, -0.25) is 4.90 Å². The van der Waals surface area contributed by atoms with Crippen molar-refractivity contribution in [2.45, 2.75) is 58.7 Å². The zero-order valence-corrected chi connectivity index (χ0v) is 14.2. The Morgan fingerprint density at radius 3 is 2.37 bits per heavy atom. The number of thiazole rings is 1. The fourth-order valence-electron chi connectivity index (χ4n) is 2.52. The largest absolute Gasteiger partial charge is 0.309 e. The van der Waals surface area contributed by atoms with Crippen LogP contribution < -0.4 is 5.32 Å². The first kappa shape index (κ1) is 16.9. The summed E-state index contributed by atoms with van der Waals surface area (Å²) in [4.78, 5) is 7.29. The van der Waals surface area contributed by atoms with Crippen LogP contribution in [0.4, 0.5) is 0 Å². The van der Waals surface area contributed by atoms with Gasteiger partial charge in [0.25, 0.3) is 0 Å². The molecule has 2 atom stereocenters. The minimum absolute atomic E-state index is 0. The Hall–Kier alpha value is -0.160. The van der Waals surface area contributed by atoms with Crippen molar-refractivity contribution in [1.29, 1.82) is 0 Å². The van der Waals surface area contributed by atoms with Crippen molar-refractivity contribution in [2.75, 3.05) is 13.1 Å². The lowest BCUT2D eigenvalue weighted by Gasteiger charge is -2.35. The lowest BCUT2D eigenvalue weighted by atomic mass is 9.98. The molecule has 1 aromatic rings. The van der Waals surface area contributed by atoms with E-state index in [0.717, 1.165) is 19.6 Å². The summed E-state index contributed by atoms with van der Waals surface area (Å²) >= 11 is 1.79. The zero-order chi connectivity index (χ0) is 13.3. The lowest BCUT2D eigenvalue weighted by Crippen LogP contribution is -2.53. The Kier molecular flexibility index (Phi) is 5.80. The molecule has 1 fully saturated rings. The third-order valence-corrected chi connectivity index (χ3v) is 4.53. The summed E-state index contributed by atoms with van der Waals surface area (Å²) < 4.78 is 0. The van der Waals surface area contributed by atoms with Crippen molar-refractivity contribution in [3.05, 3.63) is 16.1 Å². The second-order valence-corrected chi connectivity index (χ2v) is 7.41. The van der Waals surface area contributed by atoms with Crippen LogP contribution >= 0.6 is 23.7 Å². The Bertz CT molecular complexity index is 390. The molecule has 1 N–H and O–H groups in total. The Morgan fingerprint density at radius 2 is 1.89 bits per heavy atom. The van der Waals surface area contributed by atoms with Gasteiger partial charge in [0.15, 0.2) is 0 Å². The van der Waals surface area contributed by atoms with Crippen LogP contribution in [0.3, 0.4) is 0 Å². The van der Waals surface area contributed by atoms with Crippen molar-refractivity contribution in [3.8, 4) is 0 Å². The molecule has 19 heavy (non-hydrogen) atoms. The minimum atomic E-state index is 0. The molecular weight excluding hydrogens is 278 g/mol. The SMILES string of the molecule is CC1CN(Cc2csc(C(C)(C)C)n2)CC(C)N1.Cl. The van der Waals surface area contributed by atoms with Gasteiger partial charge in [-0.25, -0.2) is 4.98 Å². The second-order valence-electron chi connectivity index (χ2n) is 6.56. The predicted octanol–water partition coefficient (Wildman–Crippen LogP) is 3.04. The molecule has 1 aliphatic rings. The first-order valence-corrected chi connectivity index (χ1v) is 7.66. The molecule has 2 heterocycles. The van der Waals surface area contributed by atoms with Crippen LogP contribution in [0.2, 0.25) is 0 Å². The van der Waals surface area contributed by atoms with E-state index in [2.05, 4.69) is 50.2 Å². The van der Waals surface area contributed by atoms with Gasteiger partial charge in [-0.05, 0) is 13.8 Å². The standard InChI is InChI=1S/C14H25N3S.ClH/c1-10-6-17(7-11(2)15-10)8-12-9-18-13(16-12)14(3,4)5;/h9-11,15H,6-8H2,1-5H3;1H. The van der Waals surface area contributed by atoms with E-state index in [1.807, 2.05) is 0 Å². The number of aromatic nitrogens is 1. The van der Waals surface area contributed by atoms with Crippen LogP contribution in [0, 0.1) is 0 Å². The molecule has 0 radical (unpaired) electrons. The number of rotatable bonds is 2. The summed E-state index contributed by atoms with van der Waals surface area (Å²) in [5.41, 5.74) is 1.40. The first-order chi connectivity index (χ1) is 8.34. The molecule has 1 aliphatic heterocycles. The average Bonchev–Trinajstić information content (AvgIpc) is 2.63. The fourth-order valence-corrected chi connectivity index (χ4v) is 3.42. The van der Waals surface area contributed by atoms with E-state index in [1.165, 1.54) is 10.7 Å². The molecule has 0 aliphatic carbocycles. The highest BCUT2D eigenvalue weighted by Gasteiger charge is 2.23. The molecule has 0 spiro atoms. The number of hydrogen-bond acceptors (Lipinski definition) is 4. The van der Waals surface area contributed by atoms with E-state index in [-0.39, 0.29) is 17.8 Å². The summed E-state index contributed by atoms with van der Waals surface area (Å²) in [6.07, 6.45) is 0. The van der Waals surface area contributed by atoms with E-state index in [0.29, 0.717) is 12.1 Å². The van der Waals surface area contributed by atoms with E-state index in [9.17, 15) is 0 Å². The van der Waals surface area contributed by atoms with Gasteiger partial charge in [-0.2, -0.15) is 0 Å². The zero-order valence-electron chi connectivity index (χ0n) is 12.6. The normalized spacial score (nSPS) is 25.1. The summed E-state index contributed by atoms with van der Waals surface area (Å²) in [5, 5.41) is 7.03. The summed E-state index contributed by atoms with van der Waals surface area (Å²) in [6, 6.07) is 1.16. The maximum atomic E-state index is 4.78. The van der Waals surface area contributed by atoms with Gasteiger partial charge >= 0.3 is 0 Å². The second kappa shape index (κ2) is 6.53. The van der Waals surface area contributed by atoms with Crippen LogP contribution in [-0.4, -0.2) is 35.1 Å². The third-order valence-electron chi connectivity index (χ3n) is 3.21. The monoisotopic (exact) mass is 303 g/mol. The van der Waals surface area contributed by atoms with Crippen molar-refractivity contribution < 1.29 is 0 Å². The van der Waals surface area contributed by atoms with Crippen molar-refractivity contribution in [1.82, 2.24) is 15.2 Å². The number of halogens is 1. The van der Waals surface area contributed by atoms with Crippen LogP contribution in [-0.2, 0) is 12.0 Å². The highest BCUT2D eigenvalue weighted by atomic mass is 35.5. The lowest BCUT2D eigenvalue weighted by molar-refractivity contribution is 0.165. The smallest absolute Gasteiger partial charge is 0.0982 e. The minimum Gasteiger partial charge on any atom is -0.309 e. The molecule has 0 aromatic carbocycles. The van der Waals surface area contributed by atoms with Crippen LogP contribution in [0.25, 0.3) is 0 Å². The molecule has 0 bridgehead atoms. The van der Waals surface area contributed by atoms with Crippen molar-refractivity contribution in [2.24, 2.45) is 0 Å². The Balaban J connectivity index is 0.00000180. The van der Waals surface area contributed by atoms with Gasteiger partial charge in [0, 0.05) is 42.5 Å². The Morgan fingerprint density at radius 1 is 1.32 bits per heavy atom. The number of piperazine rings is 1. The molecule has 1 saturated heterocycles.